The van der Waals surface area contributed by atoms with E-state index in [1.54, 1.807) is 48.3 Å². The quantitative estimate of drug-likeness (QED) is 0.152. The highest BCUT2D eigenvalue weighted by molar-refractivity contribution is 6.08. The SMILES string of the molecule is CN(CC1CCC(n2cc(NC(=O)c3cnn4ccc(N5C6COCC5C6)nc34)c(C(F)F)n2)CC1)C1CCN(c2cccc3c2n(C)c(=O)n3C2CCC(=O)NC2=O)CC1(F)F. The van der Waals surface area contributed by atoms with Crippen LogP contribution in [0.4, 0.5) is 34.8 Å². The lowest BCUT2D eigenvalue weighted by atomic mass is 9.85. The fourth-order valence-electron chi connectivity index (χ4n) is 10.6. The first-order valence-corrected chi connectivity index (χ1v) is 21.5. The van der Waals surface area contributed by atoms with Gasteiger partial charge in [0.2, 0.25) is 11.8 Å². The van der Waals surface area contributed by atoms with E-state index in [1.807, 2.05) is 6.07 Å². The Labute approximate surface area is 357 Å². The number of anilines is 3. The van der Waals surface area contributed by atoms with Gasteiger partial charge in [-0.25, -0.2) is 31.9 Å². The molecule has 2 N–H and O–H groups in total. The minimum absolute atomic E-state index is 0.0878. The summed E-state index contributed by atoms with van der Waals surface area (Å²) in [5.74, 6) is -3.92. The van der Waals surface area contributed by atoms with Crippen LogP contribution in [0.15, 0.2) is 47.7 Å². The van der Waals surface area contributed by atoms with Crippen LogP contribution < -0.4 is 26.1 Å². The number of ether oxygens (including phenoxy) is 1. The van der Waals surface area contributed by atoms with Gasteiger partial charge in [0, 0.05) is 39.0 Å². The third kappa shape index (κ3) is 7.21. The molecule has 1 aliphatic carbocycles. The lowest BCUT2D eigenvalue weighted by Crippen LogP contribution is -2.64. The number of benzene rings is 1. The highest BCUT2D eigenvalue weighted by Gasteiger charge is 2.48. The summed E-state index contributed by atoms with van der Waals surface area (Å²) in [6.07, 6.45) is 5.54. The average Bonchev–Trinajstić information content (AvgIpc) is 3.95. The summed E-state index contributed by atoms with van der Waals surface area (Å²) in [6, 6.07) is 5.20. The van der Waals surface area contributed by atoms with Crippen LogP contribution in [-0.2, 0) is 21.4 Å². The normalized spacial score (nSPS) is 26.2. The van der Waals surface area contributed by atoms with Crippen molar-refractivity contribution in [2.75, 3.05) is 55.0 Å². The van der Waals surface area contributed by atoms with E-state index in [-0.39, 0.29) is 54.6 Å². The molecule has 4 aromatic heterocycles. The number of amides is 3. The maximum absolute atomic E-state index is 16.2. The molecule has 4 unspecified atom stereocenters. The van der Waals surface area contributed by atoms with Gasteiger partial charge >= 0.3 is 5.69 Å². The molecule has 1 saturated carbocycles. The Morgan fingerprint density at radius 2 is 1.83 bits per heavy atom. The van der Waals surface area contributed by atoms with E-state index < -0.39 is 60.1 Å². The number of halogens is 4. The Morgan fingerprint density at radius 1 is 1.05 bits per heavy atom. The Hall–Kier alpha value is -5.83. The predicted molar refractivity (Wildman–Crippen MR) is 221 cm³/mol. The number of hydrogen-bond donors (Lipinski definition) is 2. The molecule has 10 rings (SSSR count). The largest absolute Gasteiger partial charge is 0.377 e. The minimum atomic E-state index is -3.11. The summed E-state index contributed by atoms with van der Waals surface area (Å²) in [4.78, 5) is 61.7. The number of imide groups is 1. The monoisotopic (exact) mass is 876 g/mol. The first kappa shape index (κ1) is 41.2. The third-order valence-corrected chi connectivity index (χ3v) is 13.8. The number of nitrogens with one attached hydrogen (secondary N) is 2. The first-order valence-electron chi connectivity index (χ1n) is 21.5. The Bertz CT molecular complexity index is 2650. The molecule has 8 heterocycles. The number of hydrogen-bond acceptors (Lipinski definition) is 11. The average molecular weight is 877 g/mol. The Balaban J connectivity index is 0.772. The molecule has 0 spiro atoms. The number of carbonyl (C=O) groups is 3. The summed E-state index contributed by atoms with van der Waals surface area (Å²) in [7, 11) is 3.27. The summed E-state index contributed by atoms with van der Waals surface area (Å²) in [6.45, 7) is 1.38. The van der Waals surface area contributed by atoms with E-state index in [2.05, 4.69) is 25.7 Å². The first-order chi connectivity index (χ1) is 30.3. The Kier molecular flexibility index (Phi) is 10.3. The van der Waals surface area contributed by atoms with E-state index in [0.29, 0.717) is 80.2 Å². The zero-order valence-electron chi connectivity index (χ0n) is 34.8. The molecule has 63 heavy (non-hydrogen) atoms. The van der Waals surface area contributed by atoms with Crippen molar-refractivity contribution in [3.8, 4) is 0 Å². The van der Waals surface area contributed by atoms with Gasteiger partial charge in [0.15, 0.2) is 11.3 Å². The van der Waals surface area contributed by atoms with E-state index in [0.717, 1.165) is 6.42 Å². The van der Waals surface area contributed by atoms with Crippen LogP contribution in [0.5, 0.6) is 0 Å². The number of aryl methyl sites for hydroxylation is 1. The summed E-state index contributed by atoms with van der Waals surface area (Å²) in [5, 5.41) is 13.4. The number of rotatable bonds is 10. The molecule has 5 aliphatic rings. The molecule has 0 radical (unpaired) electrons. The molecular formula is C42H48F4N12O5. The smallest absolute Gasteiger partial charge is 0.329 e. The number of para-hydroxylation sites is 1. The van der Waals surface area contributed by atoms with Crippen molar-refractivity contribution in [3.63, 3.8) is 0 Å². The number of fused-ring (bicyclic) bond motifs is 4. The number of carbonyl (C=O) groups excluding carboxylic acids is 3. The fourth-order valence-corrected chi connectivity index (χ4v) is 10.6. The van der Waals surface area contributed by atoms with Crippen LogP contribution in [0.25, 0.3) is 16.7 Å². The molecule has 3 amide bonds. The number of morpholine rings is 1. The van der Waals surface area contributed by atoms with Gasteiger partial charge in [0.25, 0.3) is 18.3 Å². The van der Waals surface area contributed by atoms with Gasteiger partial charge in [-0.15, -0.1) is 0 Å². The van der Waals surface area contributed by atoms with Gasteiger partial charge in [-0.2, -0.15) is 10.2 Å². The van der Waals surface area contributed by atoms with Crippen molar-refractivity contribution in [1.82, 2.24) is 43.7 Å². The molecule has 1 aromatic carbocycles. The van der Waals surface area contributed by atoms with Crippen molar-refractivity contribution >= 4 is 51.6 Å². The van der Waals surface area contributed by atoms with Crippen LogP contribution in [0.3, 0.4) is 0 Å². The van der Waals surface area contributed by atoms with Crippen molar-refractivity contribution in [2.24, 2.45) is 13.0 Å². The van der Waals surface area contributed by atoms with Crippen LogP contribution in [-0.4, -0.2) is 120 Å². The summed E-state index contributed by atoms with van der Waals surface area (Å²) in [5.41, 5.74) is 0.682. The van der Waals surface area contributed by atoms with Crippen molar-refractivity contribution < 1.29 is 36.7 Å². The number of piperidine rings is 2. The molecule has 5 fully saturated rings. The molecular weight excluding hydrogens is 829 g/mol. The van der Waals surface area contributed by atoms with E-state index in [4.69, 9.17) is 9.72 Å². The lowest BCUT2D eigenvalue weighted by Gasteiger charge is -2.53. The van der Waals surface area contributed by atoms with E-state index in [9.17, 15) is 28.0 Å². The third-order valence-electron chi connectivity index (χ3n) is 13.8. The summed E-state index contributed by atoms with van der Waals surface area (Å²) < 4.78 is 72.3. The van der Waals surface area contributed by atoms with Gasteiger partial charge < -0.3 is 19.9 Å². The van der Waals surface area contributed by atoms with Gasteiger partial charge in [-0.3, -0.25) is 38.4 Å². The zero-order chi connectivity index (χ0) is 43.9. The van der Waals surface area contributed by atoms with Crippen molar-refractivity contribution in [1.29, 1.82) is 0 Å². The molecule has 334 valence electrons. The van der Waals surface area contributed by atoms with Gasteiger partial charge in [0.1, 0.15) is 17.4 Å². The molecule has 4 saturated heterocycles. The molecule has 4 atom stereocenters. The summed E-state index contributed by atoms with van der Waals surface area (Å²) >= 11 is 0. The van der Waals surface area contributed by atoms with Crippen LogP contribution in [0, 0.1) is 5.92 Å². The van der Waals surface area contributed by atoms with E-state index >= 15 is 8.78 Å². The molecule has 5 aromatic rings. The van der Waals surface area contributed by atoms with Gasteiger partial charge in [-0.05, 0) is 76.1 Å². The lowest BCUT2D eigenvalue weighted by molar-refractivity contribution is -0.135. The second-order valence-electron chi connectivity index (χ2n) is 17.7. The second-order valence-corrected chi connectivity index (χ2v) is 17.7. The number of nitrogens with zero attached hydrogens (tertiary/aromatic N) is 10. The van der Waals surface area contributed by atoms with E-state index in [1.165, 1.54) is 30.7 Å². The molecule has 2 bridgehead atoms. The Morgan fingerprint density at radius 3 is 2.54 bits per heavy atom. The topological polar surface area (TPSA) is 169 Å². The highest BCUT2D eigenvalue weighted by atomic mass is 19.3. The van der Waals surface area contributed by atoms with Crippen molar-refractivity contribution in [3.05, 3.63) is 64.6 Å². The maximum atomic E-state index is 16.2. The molecule has 17 nitrogen and oxygen atoms in total. The molecule has 4 aliphatic heterocycles. The van der Waals surface area contributed by atoms with Crippen LogP contribution in [0.1, 0.15) is 85.9 Å². The predicted octanol–water partition coefficient (Wildman–Crippen LogP) is 4.30. The standard InChI is InChI=1S/C42H48F4N12O5/c1-52(32-12-14-54(22-42(32,45)46)29-4-3-5-30-36(29)53(2)41(62)58(30)31-10-11-34(59)50-40(31)61)18-23-6-8-24(9-7-23)56-19-28(35(51-56)37(43)44)48-39(60)27-17-47-55-15-13-33(49-38(27)55)57-25-16-26(57)21-63-20-25/h3-5,13,15,17,19,23-26,31-32,37H,6-12,14,16,18,20-22H2,1-2H3,(H,48,60)(H,50,59,61). The van der Waals surface area contributed by atoms with Gasteiger partial charge in [-0.1, -0.05) is 6.07 Å². The second kappa shape index (κ2) is 15.8. The van der Waals surface area contributed by atoms with Crippen molar-refractivity contribution in [2.45, 2.75) is 93.9 Å². The number of imidazole rings is 1. The van der Waals surface area contributed by atoms with Crippen LogP contribution >= 0.6 is 0 Å². The minimum Gasteiger partial charge on any atom is -0.377 e. The zero-order valence-corrected chi connectivity index (χ0v) is 34.8. The van der Waals surface area contributed by atoms with Crippen LogP contribution in [0.2, 0.25) is 0 Å². The molecule has 21 heteroatoms. The van der Waals surface area contributed by atoms with Gasteiger partial charge in [0.05, 0.1) is 72.5 Å². The number of aromatic nitrogens is 7. The number of alkyl halides is 4. The highest BCUT2D eigenvalue weighted by Crippen LogP contribution is 2.40. The maximum Gasteiger partial charge on any atom is 0.329 e. The fraction of sp³-hybridized carbons (Fsp3) is 0.548.